The Morgan fingerprint density at radius 1 is 1.64 bits per heavy atom. The van der Waals surface area contributed by atoms with Crippen LogP contribution >= 0.6 is 11.3 Å². The summed E-state index contributed by atoms with van der Waals surface area (Å²) in [7, 11) is 0. The predicted octanol–water partition coefficient (Wildman–Crippen LogP) is 2.14. The highest BCUT2D eigenvalue weighted by atomic mass is 32.1. The lowest BCUT2D eigenvalue weighted by molar-refractivity contribution is 0.320. The third-order valence-corrected chi connectivity index (χ3v) is 2.53. The van der Waals surface area contributed by atoms with Crippen molar-refractivity contribution in [2.75, 3.05) is 0 Å². The van der Waals surface area contributed by atoms with Crippen LogP contribution in [0.2, 0.25) is 0 Å². The molecule has 0 aliphatic heterocycles. The highest BCUT2D eigenvalue weighted by molar-refractivity contribution is 7.12. The molecule has 1 N–H and O–H groups in total. The third-order valence-electron chi connectivity index (χ3n) is 1.68. The molecular formula is C9H11N3OS. The number of thiazole rings is 1. The predicted molar refractivity (Wildman–Crippen MR) is 54.8 cm³/mol. The number of oxime groups is 1. The van der Waals surface area contributed by atoms with Crippen LogP contribution in [-0.4, -0.2) is 15.9 Å². The monoisotopic (exact) mass is 209 g/mol. The fourth-order valence-corrected chi connectivity index (χ4v) is 1.82. The van der Waals surface area contributed by atoms with E-state index in [0.29, 0.717) is 5.01 Å². The molecule has 0 spiro atoms. The molecule has 14 heavy (non-hydrogen) atoms. The second kappa shape index (κ2) is 3.76. The van der Waals surface area contributed by atoms with Gasteiger partial charge in [0.2, 0.25) is 5.71 Å². The summed E-state index contributed by atoms with van der Waals surface area (Å²) in [6.07, 6.45) is 0. The first kappa shape index (κ1) is 10.7. The van der Waals surface area contributed by atoms with Gasteiger partial charge in [-0.3, -0.25) is 0 Å². The molecule has 0 aromatic carbocycles. The molecule has 1 rings (SSSR count). The fourth-order valence-electron chi connectivity index (χ4n) is 0.840. The highest BCUT2D eigenvalue weighted by Crippen LogP contribution is 2.23. The number of rotatable bonds is 1. The summed E-state index contributed by atoms with van der Waals surface area (Å²) in [5.41, 5.74) is 0.810. The van der Waals surface area contributed by atoms with Crippen molar-refractivity contribution in [3.05, 3.63) is 16.1 Å². The van der Waals surface area contributed by atoms with Crippen LogP contribution in [0.25, 0.3) is 0 Å². The summed E-state index contributed by atoms with van der Waals surface area (Å²) in [4.78, 5) is 4.23. The van der Waals surface area contributed by atoms with Gasteiger partial charge in [-0.15, -0.1) is 11.3 Å². The van der Waals surface area contributed by atoms with E-state index < -0.39 is 0 Å². The molecule has 0 unspecified atom stereocenters. The van der Waals surface area contributed by atoms with Gasteiger partial charge in [-0.25, -0.2) is 4.98 Å². The standard InChI is InChI=1S/C9H11N3OS/c1-9(2,3)7-5-14-8(11-7)6(4-10)12-13/h5,13H,1-3H3/b12-6-. The van der Waals surface area contributed by atoms with Crippen LogP contribution in [-0.2, 0) is 5.41 Å². The summed E-state index contributed by atoms with van der Waals surface area (Å²) < 4.78 is 0. The van der Waals surface area contributed by atoms with Crippen molar-refractivity contribution in [2.45, 2.75) is 26.2 Å². The number of nitrogens with zero attached hydrogens (tertiary/aromatic N) is 3. The number of hydrogen-bond acceptors (Lipinski definition) is 5. The van der Waals surface area contributed by atoms with Crippen LogP contribution in [0.5, 0.6) is 0 Å². The minimum Gasteiger partial charge on any atom is -0.410 e. The smallest absolute Gasteiger partial charge is 0.215 e. The lowest BCUT2D eigenvalue weighted by Crippen LogP contribution is -2.12. The van der Waals surface area contributed by atoms with Crippen molar-refractivity contribution in [1.82, 2.24) is 4.98 Å². The summed E-state index contributed by atoms with van der Waals surface area (Å²) in [6.45, 7) is 6.11. The SMILES string of the molecule is CC(C)(C)c1csc(/C(C#N)=N\O)n1. The molecule has 0 saturated heterocycles. The molecule has 0 atom stereocenters. The van der Waals surface area contributed by atoms with E-state index in [2.05, 4.69) is 10.1 Å². The third kappa shape index (κ3) is 2.09. The number of hydrogen-bond donors (Lipinski definition) is 1. The average Bonchev–Trinajstić information content (AvgIpc) is 2.54. The number of nitriles is 1. The van der Waals surface area contributed by atoms with Gasteiger partial charge in [0, 0.05) is 10.8 Å². The maximum absolute atomic E-state index is 8.62. The quantitative estimate of drug-likeness (QED) is 0.437. The summed E-state index contributed by atoms with van der Waals surface area (Å²) in [6, 6.07) is 1.78. The van der Waals surface area contributed by atoms with E-state index in [9.17, 15) is 0 Å². The molecular weight excluding hydrogens is 198 g/mol. The van der Waals surface area contributed by atoms with Gasteiger partial charge in [0.25, 0.3) is 0 Å². The molecule has 4 nitrogen and oxygen atoms in total. The van der Waals surface area contributed by atoms with E-state index in [1.807, 2.05) is 26.2 Å². The molecule has 5 heteroatoms. The Kier molecular flexibility index (Phi) is 2.87. The van der Waals surface area contributed by atoms with Crippen LogP contribution in [0.15, 0.2) is 10.5 Å². The van der Waals surface area contributed by atoms with Crippen molar-refractivity contribution in [2.24, 2.45) is 5.16 Å². The molecule has 0 radical (unpaired) electrons. The first-order chi connectivity index (χ1) is 6.49. The lowest BCUT2D eigenvalue weighted by atomic mass is 9.93. The van der Waals surface area contributed by atoms with Gasteiger partial charge in [0.05, 0.1) is 5.69 Å². The molecule has 0 aliphatic rings. The maximum Gasteiger partial charge on any atom is 0.215 e. The Bertz CT molecular complexity index is 395. The van der Waals surface area contributed by atoms with Gasteiger partial charge < -0.3 is 5.21 Å². The molecule has 1 aromatic rings. The van der Waals surface area contributed by atoms with Gasteiger partial charge in [0.1, 0.15) is 6.07 Å². The van der Waals surface area contributed by atoms with Crippen molar-refractivity contribution in [3.63, 3.8) is 0 Å². The Morgan fingerprint density at radius 3 is 2.64 bits per heavy atom. The van der Waals surface area contributed by atoms with Gasteiger partial charge in [-0.1, -0.05) is 25.9 Å². The molecule has 0 bridgehead atoms. The Hall–Kier alpha value is -1.41. The summed E-state index contributed by atoms with van der Waals surface area (Å²) in [5, 5.41) is 22.3. The van der Waals surface area contributed by atoms with E-state index in [4.69, 9.17) is 10.5 Å². The van der Waals surface area contributed by atoms with Gasteiger partial charge in [-0.2, -0.15) is 5.26 Å². The summed E-state index contributed by atoms with van der Waals surface area (Å²) in [5.74, 6) is 0. The van der Waals surface area contributed by atoms with E-state index >= 15 is 0 Å². The average molecular weight is 209 g/mol. The Morgan fingerprint density at radius 2 is 2.29 bits per heavy atom. The van der Waals surface area contributed by atoms with E-state index in [-0.39, 0.29) is 11.1 Å². The molecule has 74 valence electrons. The van der Waals surface area contributed by atoms with Crippen molar-refractivity contribution in [1.29, 1.82) is 5.26 Å². The zero-order chi connectivity index (χ0) is 10.8. The molecule has 1 aromatic heterocycles. The second-order valence-corrected chi connectivity index (χ2v) is 4.71. The topological polar surface area (TPSA) is 69.3 Å². The second-order valence-electron chi connectivity index (χ2n) is 3.85. The fraction of sp³-hybridized carbons (Fsp3) is 0.444. The summed E-state index contributed by atoms with van der Waals surface area (Å²) >= 11 is 1.31. The van der Waals surface area contributed by atoms with E-state index in [0.717, 1.165) is 5.69 Å². The molecule has 0 amide bonds. The zero-order valence-electron chi connectivity index (χ0n) is 8.27. The largest absolute Gasteiger partial charge is 0.410 e. The van der Waals surface area contributed by atoms with Crippen LogP contribution in [0.1, 0.15) is 31.5 Å². The Labute approximate surface area is 86.5 Å². The minimum atomic E-state index is -0.0508. The number of aromatic nitrogens is 1. The van der Waals surface area contributed by atoms with E-state index in [1.54, 1.807) is 6.07 Å². The van der Waals surface area contributed by atoms with Crippen LogP contribution in [0, 0.1) is 11.3 Å². The van der Waals surface area contributed by atoms with Crippen LogP contribution in [0.4, 0.5) is 0 Å². The van der Waals surface area contributed by atoms with Crippen molar-refractivity contribution in [3.8, 4) is 6.07 Å². The van der Waals surface area contributed by atoms with Gasteiger partial charge in [0.15, 0.2) is 5.01 Å². The Balaban J connectivity index is 3.07. The normalized spacial score (nSPS) is 12.6. The minimum absolute atomic E-state index is 0.0366. The van der Waals surface area contributed by atoms with Crippen molar-refractivity contribution < 1.29 is 5.21 Å². The van der Waals surface area contributed by atoms with Gasteiger partial charge >= 0.3 is 0 Å². The highest BCUT2D eigenvalue weighted by Gasteiger charge is 2.19. The molecule has 0 aliphatic carbocycles. The van der Waals surface area contributed by atoms with Gasteiger partial charge in [-0.05, 0) is 0 Å². The van der Waals surface area contributed by atoms with Crippen LogP contribution < -0.4 is 0 Å². The van der Waals surface area contributed by atoms with E-state index in [1.165, 1.54) is 11.3 Å². The van der Waals surface area contributed by atoms with Crippen LogP contribution in [0.3, 0.4) is 0 Å². The maximum atomic E-state index is 8.62. The first-order valence-electron chi connectivity index (χ1n) is 4.07. The zero-order valence-corrected chi connectivity index (χ0v) is 9.09. The first-order valence-corrected chi connectivity index (χ1v) is 4.95. The molecule has 0 fully saturated rings. The molecule has 1 heterocycles. The lowest BCUT2D eigenvalue weighted by Gasteiger charge is -2.13. The molecule has 0 saturated carbocycles. The van der Waals surface area contributed by atoms with Crippen molar-refractivity contribution >= 4 is 17.0 Å².